The van der Waals surface area contributed by atoms with Crippen LogP contribution in [0.5, 0.6) is 0 Å². The minimum absolute atomic E-state index is 0.340. The van der Waals surface area contributed by atoms with Crippen LogP contribution in [0.15, 0.2) is 41.0 Å². The molecule has 0 aliphatic rings. The van der Waals surface area contributed by atoms with E-state index in [-0.39, 0.29) is 0 Å². The summed E-state index contributed by atoms with van der Waals surface area (Å²) in [6, 6.07) is 9.00. The van der Waals surface area contributed by atoms with Crippen LogP contribution in [0.3, 0.4) is 0 Å². The van der Waals surface area contributed by atoms with E-state index in [4.69, 9.17) is 16.0 Å². The number of rotatable bonds is 2. The number of carbonyl (C=O) groups is 1. The molecule has 0 N–H and O–H groups in total. The smallest absolute Gasteiger partial charge is 0.185 e. The third-order valence-electron chi connectivity index (χ3n) is 1.96. The second kappa shape index (κ2) is 3.68. The van der Waals surface area contributed by atoms with E-state index in [0.717, 1.165) is 11.1 Å². The molecule has 0 fully saturated rings. The third kappa shape index (κ3) is 1.56. The van der Waals surface area contributed by atoms with Gasteiger partial charge in [-0.25, -0.2) is 0 Å². The average molecular weight is 207 g/mol. The number of halogens is 1. The van der Waals surface area contributed by atoms with Gasteiger partial charge in [0.2, 0.25) is 0 Å². The summed E-state index contributed by atoms with van der Waals surface area (Å²) in [4.78, 5) is 10.6. The van der Waals surface area contributed by atoms with Crippen LogP contribution in [0.2, 0.25) is 5.02 Å². The first-order valence-corrected chi connectivity index (χ1v) is 4.47. The van der Waals surface area contributed by atoms with Crippen LogP contribution in [0.4, 0.5) is 0 Å². The molecule has 0 atom stereocenters. The lowest BCUT2D eigenvalue weighted by Crippen LogP contribution is -1.80. The first-order valence-electron chi connectivity index (χ1n) is 4.10. The zero-order valence-electron chi connectivity index (χ0n) is 7.24. The summed E-state index contributed by atoms with van der Waals surface area (Å²) in [6.07, 6.45) is 2.19. The monoisotopic (exact) mass is 206 g/mol. The molecule has 0 saturated heterocycles. The van der Waals surface area contributed by atoms with Crippen LogP contribution in [-0.2, 0) is 0 Å². The predicted octanol–water partition coefficient (Wildman–Crippen LogP) is 3.41. The van der Waals surface area contributed by atoms with Gasteiger partial charge >= 0.3 is 0 Å². The molecular weight excluding hydrogens is 200 g/mol. The van der Waals surface area contributed by atoms with Gasteiger partial charge in [-0.1, -0.05) is 23.7 Å². The Morgan fingerprint density at radius 1 is 1.14 bits per heavy atom. The Kier molecular flexibility index (Phi) is 2.37. The van der Waals surface area contributed by atoms with Gasteiger partial charge in [-0.05, 0) is 23.8 Å². The maximum atomic E-state index is 10.6. The normalized spacial score (nSPS) is 10.1. The predicted molar refractivity (Wildman–Crippen MR) is 54.5 cm³/mol. The molecule has 0 aliphatic carbocycles. The molecule has 2 aromatic rings. The van der Waals surface area contributed by atoms with Crippen molar-refractivity contribution in [2.24, 2.45) is 0 Å². The Morgan fingerprint density at radius 3 is 2.50 bits per heavy atom. The van der Waals surface area contributed by atoms with Crippen molar-refractivity contribution in [3.05, 3.63) is 47.4 Å². The molecule has 70 valence electrons. The largest absolute Gasteiger partial charge is 0.461 e. The number of hydrogen-bond donors (Lipinski definition) is 0. The molecule has 1 aromatic carbocycles. The van der Waals surface area contributed by atoms with Crippen LogP contribution in [0, 0.1) is 0 Å². The number of hydrogen-bond acceptors (Lipinski definition) is 2. The van der Waals surface area contributed by atoms with Gasteiger partial charge < -0.3 is 4.42 Å². The van der Waals surface area contributed by atoms with E-state index in [1.165, 1.54) is 6.26 Å². The molecular formula is C11H7ClO2. The summed E-state index contributed by atoms with van der Waals surface area (Å²) in [7, 11) is 0. The van der Waals surface area contributed by atoms with E-state index in [1.807, 2.05) is 12.1 Å². The van der Waals surface area contributed by atoms with E-state index in [0.29, 0.717) is 17.1 Å². The van der Waals surface area contributed by atoms with Crippen molar-refractivity contribution in [1.82, 2.24) is 0 Å². The highest BCUT2D eigenvalue weighted by Crippen LogP contribution is 2.24. The summed E-state index contributed by atoms with van der Waals surface area (Å²) in [5.74, 6) is 0.340. The van der Waals surface area contributed by atoms with Gasteiger partial charge in [0.1, 0.15) is 0 Å². The molecule has 1 heterocycles. The highest BCUT2D eigenvalue weighted by molar-refractivity contribution is 6.30. The van der Waals surface area contributed by atoms with Crippen LogP contribution in [0.25, 0.3) is 11.1 Å². The summed E-state index contributed by atoms with van der Waals surface area (Å²) in [5, 5.41) is 0.671. The van der Waals surface area contributed by atoms with Gasteiger partial charge in [-0.15, -0.1) is 0 Å². The maximum absolute atomic E-state index is 10.6. The molecule has 2 nitrogen and oxygen atoms in total. The van der Waals surface area contributed by atoms with Gasteiger partial charge in [0.25, 0.3) is 0 Å². The van der Waals surface area contributed by atoms with Crippen LogP contribution >= 0.6 is 11.6 Å². The van der Waals surface area contributed by atoms with Crippen LogP contribution < -0.4 is 0 Å². The Morgan fingerprint density at radius 2 is 1.86 bits per heavy atom. The topological polar surface area (TPSA) is 30.2 Å². The standard InChI is InChI=1S/C11H7ClO2/c12-9-3-1-8(2-4-9)10-5-6-14-11(10)7-13/h1-7H. The number of aldehydes is 1. The lowest BCUT2D eigenvalue weighted by Gasteiger charge is -1.97. The summed E-state index contributed by atoms with van der Waals surface area (Å²) in [6.45, 7) is 0. The van der Waals surface area contributed by atoms with E-state index in [2.05, 4.69) is 0 Å². The second-order valence-corrected chi connectivity index (χ2v) is 3.26. The van der Waals surface area contributed by atoms with Crippen molar-refractivity contribution in [3.8, 4) is 11.1 Å². The van der Waals surface area contributed by atoms with Crippen molar-refractivity contribution < 1.29 is 9.21 Å². The van der Waals surface area contributed by atoms with Gasteiger partial charge in [-0.3, -0.25) is 4.79 Å². The summed E-state index contributed by atoms with van der Waals surface area (Å²) < 4.78 is 5.00. The highest BCUT2D eigenvalue weighted by Gasteiger charge is 2.06. The van der Waals surface area contributed by atoms with Gasteiger partial charge in [0.05, 0.1) is 6.26 Å². The maximum Gasteiger partial charge on any atom is 0.185 e. The molecule has 0 saturated carbocycles. The number of furan rings is 1. The number of carbonyl (C=O) groups excluding carboxylic acids is 1. The van der Waals surface area contributed by atoms with E-state index >= 15 is 0 Å². The fourth-order valence-corrected chi connectivity index (χ4v) is 1.41. The Balaban J connectivity index is 2.49. The molecule has 14 heavy (non-hydrogen) atoms. The Bertz CT molecular complexity index is 443. The third-order valence-corrected chi connectivity index (χ3v) is 2.21. The minimum Gasteiger partial charge on any atom is -0.461 e. The summed E-state index contributed by atoms with van der Waals surface area (Å²) >= 11 is 5.75. The Labute approximate surface area is 86.1 Å². The first kappa shape index (κ1) is 9.03. The Hall–Kier alpha value is -1.54. The van der Waals surface area contributed by atoms with Crippen molar-refractivity contribution in [3.63, 3.8) is 0 Å². The van der Waals surface area contributed by atoms with E-state index < -0.39 is 0 Å². The van der Waals surface area contributed by atoms with Crippen molar-refractivity contribution >= 4 is 17.9 Å². The molecule has 0 aliphatic heterocycles. The van der Waals surface area contributed by atoms with E-state index in [1.54, 1.807) is 18.2 Å². The van der Waals surface area contributed by atoms with Crippen LogP contribution in [-0.4, -0.2) is 6.29 Å². The second-order valence-electron chi connectivity index (χ2n) is 2.82. The molecule has 0 bridgehead atoms. The lowest BCUT2D eigenvalue weighted by molar-refractivity contribution is 0.110. The van der Waals surface area contributed by atoms with Gasteiger partial charge in [0, 0.05) is 10.6 Å². The molecule has 0 spiro atoms. The fourth-order valence-electron chi connectivity index (χ4n) is 1.28. The van der Waals surface area contributed by atoms with Gasteiger partial charge in [-0.2, -0.15) is 0 Å². The van der Waals surface area contributed by atoms with Gasteiger partial charge in [0.15, 0.2) is 12.0 Å². The van der Waals surface area contributed by atoms with Crippen molar-refractivity contribution in [1.29, 1.82) is 0 Å². The minimum atomic E-state index is 0.340. The molecule has 1 aromatic heterocycles. The fraction of sp³-hybridized carbons (Fsp3) is 0. The number of benzene rings is 1. The average Bonchev–Trinajstić information content (AvgIpc) is 2.67. The SMILES string of the molecule is O=Cc1occc1-c1ccc(Cl)cc1. The molecule has 2 rings (SSSR count). The zero-order valence-corrected chi connectivity index (χ0v) is 7.99. The van der Waals surface area contributed by atoms with Crippen LogP contribution in [0.1, 0.15) is 10.6 Å². The molecule has 3 heteroatoms. The molecule has 0 amide bonds. The van der Waals surface area contributed by atoms with Crippen molar-refractivity contribution in [2.45, 2.75) is 0 Å². The zero-order chi connectivity index (χ0) is 9.97. The lowest BCUT2D eigenvalue weighted by atomic mass is 10.1. The quantitative estimate of drug-likeness (QED) is 0.705. The molecule has 0 radical (unpaired) electrons. The highest BCUT2D eigenvalue weighted by atomic mass is 35.5. The summed E-state index contributed by atoms with van der Waals surface area (Å²) in [5.41, 5.74) is 1.71. The molecule has 0 unspecified atom stereocenters. The van der Waals surface area contributed by atoms with E-state index in [9.17, 15) is 4.79 Å². The first-order chi connectivity index (χ1) is 6.81. The van der Waals surface area contributed by atoms with Crippen molar-refractivity contribution in [2.75, 3.05) is 0 Å².